The van der Waals surface area contributed by atoms with Crippen LogP contribution in [0, 0.1) is 5.82 Å². The molecule has 3 aromatic rings. The first kappa shape index (κ1) is 23.1. The number of nitrogens with two attached hydrogens (primary N) is 1. The van der Waals surface area contributed by atoms with Crippen LogP contribution < -0.4 is 15.2 Å². The van der Waals surface area contributed by atoms with Crippen LogP contribution in [-0.2, 0) is 16.8 Å². The highest BCUT2D eigenvalue weighted by atomic mass is 35.5. The first-order valence-corrected chi connectivity index (χ1v) is 11.4. The van der Waals surface area contributed by atoms with Crippen molar-refractivity contribution >= 4 is 23.5 Å². The zero-order valence-corrected chi connectivity index (χ0v) is 20.3. The van der Waals surface area contributed by atoms with Gasteiger partial charge in [0.15, 0.2) is 23.1 Å². The Bertz CT molecular complexity index is 1380. The number of benzene rings is 2. The van der Waals surface area contributed by atoms with Crippen molar-refractivity contribution < 1.29 is 18.7 Å². The summed E-state index contributed by atoms with van der Waals surface area (Å²) in [5.74, 6) is 0.117. The van der Waals surface area contributed by atoms with Gasteiger partial charge in [0.25, 0.3) is 5.91 Å². The maximum Gasteiger partial charge on any atom is 0.261 e. The minimum atomic E-state index is -1.27. The number of carbonyl (C=O) groups is 1. The number of carbonyl (C=O) groups excluding carboxylic acids is 1. The summed E-state index contributed by atoms with van der Waals surface area (Å²) in [4.78, 5) is 23.8. The molecule has 0 fully saturated rings. The molecule has 7 nitrogen and oxygen atoms in total. The van der Waals surface area contributed by atoms with Gasteiger partial charge in [-0.3, -0.25) is 14.7 Å². The highest BCUT2D eigenvalue weighted by molar-refractivity contribution is 6.30. The van der Waals surface area contributed by atoms with Gasteiger partial charge in [0.1, 0.15) is 11.4 Å². The monoisotopic (exact) mass is 494 g/mol. The smallest absolute Gasteiger partial charge is 0.261 e. The van der Waals surface area contributed by atoms with Crippen LogP contribution in [0.15, 0.2) is 59.9 Å². The van der Waals surface area contributed by atoms with Crippen molar-refractivity contribution in [3.63, 3.8) is 0 Å². The van der Waals surface area contributed by atoms with Crippen molar-refractivity contribution in [3.05, 3.63) is 76.8 Å². The lowest BCUT2D eigenvalue weighted by molar-refractivity contribution is -0.133. The fourth-order valence-corrected chi connectivity index (χ4v) is 5.14. The summed E-state index contributed by atoms with van der Waals surface area (Å²) in [6.07, 6.45) is 3.83. The largest absolute Gasteiger partial charge is 0.494 e. The Kier molecular flexibility index (Phi) is 5.44. The van der Waals surface area contributed by atoms with E-state index < -0.39 is 17.0 Å². The number of hydrogen-bond acceptors (Lipinski definition) is 6. The van der Waals surface area contributed by atoms with Gasteiger partial charge < -0.3 is 15.2 Å². The number of halogens is 2. The van der Waals surface area contributed by atoms with Crippen LogP contribution in [0.3, 0.4) is 0 Å². The third-order valence-electron chi connectivity index (χ3n) is 6.55. The second kappa shape index (κ2) is 8.23. The standard InChI is InChI=1S/C26H24ClFN4O3/c1-25(11-15-4-6-22(34-3)20(28)8-15)14-26(23(33)32(2)24(29)31-26)19-10-16(5-7-21(19)35-25)17-9-18(27)13-30-12-17/h4-10,12-13H,11,14H2,1-3H3,(H2,29,31)/t25-,26?/m1/s1. The summed E-state index contributed by atoms with van der Waals surface area (Å²) in [7, 11) is 3.02. The summed E-state index contributed by atoms with van der Waals surface area (Å²) in [6, 6.07) is 12.2. The number of ether oxygens (including phenoxy) is 2. The van der Waals surface area contributed by atoms with Crippen LogP contribution in [0.2, 0.25) is 5.02 Å². The van der Waals surface area contributed by atoms with E-state index in [-0.39, 0.29) is 24.0 Å². The van der Waals surface area contributed by atoms with Crippen molar-refractivity contribution in [3.8, 4) is 22.6 Å². The maximum atomic E-state index is 14.4. The first-order valence-electron chi connectivity index (χ1n) is 11.0. The van der Waals surface area contributed by atoms with Crippen LogP contribution in [-0.4, -0.2) is 41.5 Å². The van der Waals surface area contributed by atoms with Gasteiger partial charge >= 0.3 is 0 Å². The molecule has 2 aromatic carbocycles. The molecule has 2 N–H and O–H groups in total. The van der Waals surface area contributed by atoms with Gasteiger partial charge in [-0.1, -0.05) is 23.7 Å². The first-order chi connectivity index (χ1) is 16.6. The second-order valence-electron chi connectivity index (χ2n) is 9.17. The fourth-order valence-electron chi connectivity index (χ4n) is 4.97. The van der Waals surface area contributed by atoms with Gasteiger partial charge in [0, 0.05) is 43.4 Å². The number of guanidine groups is 1. The van der Waals surface area contributed by atoms with Crippen LogP contribution in [0.1, 0.15) is 24.5 Å². The molecule has 2 aliphatic rings. The van der Waals surface area contributed by atoms with Gasteiger partial charge in [-0.25, -0.2) is 9.38 Å². The molecule has 1 amide bonds. The predicted molar refractivity (Wildman–Crippen MR) is 131 cm³/mol. The Morgan fingerprint density at radius 1 is 1.20 bits per heavy atom. The molecule has 0 saturated heterocycles. The second-order valence-corrected chi connectivity index (χ2v) is 9.61. The number of aromatic nitrogens is 1. The van der Waals surface area contributed by atoms with Crippen LogP contribution >= 0.6 is 11.6 Å². The van der Waals surface area contributed by atoms with Crippen molar-refractivity contribution in [2.24, 2.45) is 10.7 Å². The van der Waals surface area contributed by atoms with Crippen molar-refractivity contribution in [1.82, 2.24) is 9.88 Å². The minimum Gasteiger partial charge on any atom is -0.494 e. The third kappa shape index (κ3) is 3.87. The average molecular weight is 495 g/mol. The molecular weight excluding hydrogens is 471 g/mol. The Balaban J connectivity index is 1.61. The summed E-state index contributed by atoms with van der Waals surface area (Å²) in [5, 5.41) is 0.504. The zero-order chi connectivity index (χ0) is 25.0. The van der Waals surface area contributed by atoms with Crippen LogP contribution in [0.5, 0.6) is 11.5 Å². The normalized spacial score (nSPS) is 23.2. The van der Waals surface area contributed by atoms with Crippen molar-refractivity contribution in [2.45, 2.75) is 30.9 Å². The number of methoxy groups -OCH3 is 1. The summed E-state index contributed by atoms with van der Waals surface area (Å²) in [6.45, 7) is 1.89. The number of aliphatic imine (C=N–C) groups is 1. The van der Waals surface area contributed by atoms with Crippen molar-refractivity contribution in [2.75, 3.05) is 14.2 Å². The Hall–Kier alpha value is -3.65. The minimum absolute atomic E-state index is 0.135. The molecule has 35 heavy (non-hydrogen) atoms. The van der Waals surface area contributed by atoms with E-state index in [1.807, 2.05) is 25.1 Å². The Morgan fingerprint density at radius 3 is 2.66 bits per heavy atom. The highest BCUT2D eigenvalue weighted by Crippen LogP contribution is 2.50. The molecule has 1 unspecified atom stereocenters. The fraction of sp³-hybridized carbons (Fsp3) is 0.269. The summed E-state index contributed by atoms with van der Waals surface area (Å²) < 4.78 is 25.9. The SMILES string of the molecule is COc1ccc(C[C@]2(C)CC3(N=C(N)N(C)C3=O)c3cc(-c4cncc(Cl)c4)ccc3O2)cc1F. The van der Waals surface area contributed by atoms with Crippen molar-refractivity contribution in [1.29, 1.82) is 0 Å². The number of pyridine rings is 1. The number of fused-ring (bicyclic) bond motifs is 2. The number of amides is 1. The van der Waals surface area contributed by atoms with Gasteiger partial charge in [0.05, 0.1) is 12.1 Å². The molecule has 2 atom stereocenters. The van der Waals surface area contributed by atoms with E-state index in [9.17, 15) is 9.18 Å². The molecule has 0 aliphatic carbocycles. The highest BCUT2D eigenvalue weighted by Gasteiger charge is 2.56. The molecule has 180 valence electrons. The van der Waals surface area contributed by atoms with E-state index in [0.29, 0.717) is 28.3 Å². The molecule has 1 aromatic heterocycles. The number of hydrogen-bond donors (Lipinski definition) is 1. The van der Waals surface area contributed by atoms with E-state index >= 15 is 0 Å². The topological polar surface area (TPSA) is 90.0 Å². The van der Waals surface area contributed by atoms with Crippen LogP contribution in [0.4, 0.5) is 4.39 Å². The van der Waals surface area contributed by atoms with E-state index in [0.717, 1.165) is 11.1 Å². The maximum absolute atomic E-state index is 14.4. The lowest BCUT2D eigenvalue weighted by Crippen LogP contribution is -2.51. The molecule has 5 rings (SSSR count). The molecule has 0 bridgehead atoms. The Morgan fingerprint density at radius 2 is 2.00 bits per heavy atom. The van der Waals surface area contributed by atoms with E-state index in [1.54, 1.807) is 37.6 Å². The molecule has 1 spiro atoms. The lowest BCUT2D eigenvalue weighted by Gasteiger charge is -2.43. The molecule has 0 saturated carbocycles. The average Bonchev–Trinajstić information content (AvgIpc) is 3.02. The van der Waals surface area contributed by atoms with E-state index in [2.05, 4.69) is 9.98 Å². The molecule has 2 aliphatic heterocycles. The molecule has 0 radical (unpaired) electrons. The summed E-state index contributed by atoms with van der Waals surface area (Å²) in [5.41, 5.74) is 6.93. The zero-order valence-electron chi connectivity index (χ0n) is 19.5. The lowest BCUT2D eigenvalue weighted by atomic mass is 9.74. The molecule has 9 heteroatoms. The van der Waals surface area contributed by atoms with Crippen LogP contribution in [0.25, 0.3) is 11.1 Å². The van der Waals surface area contributed by atoms with Gasteiger partial charge in [-0.15, -0.1) is 0 Å². The third-order valence-corrected chi connectivity index (χ3v) is 6.76. The molecule has 3 heterocycles. The Labute approximate surface area is 207 Å². The quantitative estimate of drug-likeness (QED) is 0.583. The number of nitrogens with zero attached hydrogens (tertiary/aromatic N) is 3. The summed E-state index contributed by atoms with van der Waals surface area (Å²) >= 11 is 6.14. The van der Waals surface area contributed by atoms with Gasteiger partial charge in [-0.05, 0) is 48.4 Å². The van der Waals surface area contributed by atoms with Gasteiger partial charge in [0.2, 0.25) is 0 Å². The van der Waals surface area contributed by atoms with E-state index in [1.165, 1.54) is 18.1 Å². The molecular formula is C26H24ClFN4O3. The number of rotatable bonds is 4. The predicted octanol–water partition coefficient (Wildman–Crippen LogP) is 4.32. The number of likely N-dealkylation sites (N-methyl/N-ethyl adjacent to an activating group) is 1. The van der Waals surface area contributed by atoms with Gasteiger partial charge in [-0.2, -0.15) is 0 Å². The van der Waals surface area contributed by atoms with E-state index in [4.69, 9.17) is 26.8 Å².